The fraction of sp³-hybridized carbons (Fsp3) is 0.448. The topological polar surface area (TPSA) is 99.4 Å². The van der Waals surface area contributed by atoms with E-state index in [1.807, 2.05) is 65.8 Å². The maximum Gasteiger partial charge on any atom is 0.323 e. The Balaban J connectivity index is 1.77. The smallest absolute Gasteiger partial charge is 0.323 e. The Kier molecular flexibility index (Phi) is 9.79. The van der Waals surface area contributed by atoms with E-state index >= 15 is 0 Å². The van der Waals surface area contributed by atoms with Gasteiger partial charge in [-0.05, 0) is 58.2 Å². The molecule has 38 heavy (non-hydrogen) atoms. The minimum atomic E-state index is -3.19. The number of carbonyl (C=O) groups is 1. The molecule has 1 aromatic carbocycles. The molecule has 0 amide bonds. The summed E-state index contributed by atoms with van der Waals surface area (Å²) in [7, 11) is -3.19. The van der Waals surface area contributed by atoms with Crippen molar-refractivity contribution in [2.45, 2.75) is 58.8 Å². The van der Waals surface area contributed by atoms with Gasteiger partial charge >= 0.3 is 5.97 Å². The minimum Gasteiger partial charge on any atom is -0.464 e. The van der Waals surface area contributed by atoms with Crippen LogP contribution >= 0.6 is 22.9 Å². The molecule has 0 bridgehead atoms. The van der Waals surface area contributed by atoms with Crippen molar-refractivity contribution in [3.63, 3.8) is 0 Å². The molecule has 2 aromatic heterocycles. The number of rotatable bonds is 11. The van der Waals surface area contributed by atoms with Gasteiger partial charge in [-0.2, -0.15) is 0 Å². The van der Waals surface area contributed by atoms with Crippen molar-refractivity contribution in [2.75, 3.05) is 12.4 Å². The third-order valence-corrected chi connectivity index (χ3v) is 9.45. The number of thiophene rings is 1. The first-order valence-corrected chi connectivity index (χ1v) is 15.7. The molecule has 0 saturated carbocycles. The van der Waals surface area contributed by atoms with Gasteiger partial charge in [0.15, 0.2) is 9.84 Å². The lowest BCUT2D eigenvalue weighted by Gasteiger charge is -2.25. The van der Waals surface area contributed by atoms with Gasteiger partial charge in [-0.15, -0.1) is 11.3 Å². The van der Waals surface area contributed by atoms with Crippen LogP contribution < -0.4 is 5.73 Å². The highest BCUT2D eigenvalue weighted by molar-refractivity contribution is 7.90. The SMILES string of the molecule is CC(C)CS(=O)(=O)Cc1ccc(-c2cc(-c3ccnc(C(C)(C)COC(=O)C(N)C(C)C)c3)cs2)c(Cl)c1. The quantitative estimate of drug-likeness (QED) is 0.261. The lowest BCUT2D eigenvalue weighted by molar-refractivity contribution is -0.148. The van der Waals surface area contributed by atoms with Crippen LogP contribution in [0.25, 0.3) is 21.6 Å². The van der Waals surface area contributed by atoms with E-state index in [9.17, 15) is 13.2 Å². The second kappa shape index (κ2) is 12.3. The van der Waals surface area contributed by atoms with Crippen LogP contribution in [0.3, 0.4) is 0 Å². The molecule has 3 aromatic rings. The number of halogens is 1. The molecule has 0 aliphatic heterocycles. The van der Waals surface area contributed by atoms with Crippen LogP contribution in [0.15, 0.2) is 48.0 Å². The Morgan fingerprint density at radius 2 is 1.82 bits per heavy atom. The molecule has 0 aliphatic rings. The maximum atomic E-state index is 12.4. The lowest BCUT2D eigenvalue weighted by Crippen LogP contribution is -2.39. The predicted molar refractivity (Wildman–Crippen MR) is 157 cm³/mol. The normalized spacial score (nSPS) is 13.2. The van der Waals surface area contributed by atoms with E-state index < -0.39 is 27.3 Å². The van der Waals surface area contributed by atoms with E-state index in [-0.39, 0.29) is 29.9 Å². The zero-order valence-electron chi connectivity index (χ0n) is 22.8. The number of hydrogen-bond acceptors (Lipinski definition) is 7. The molecular weight excluding hydrogens is 540 g/mol. The number of carbonyl (C=O) groups excluding carboxylic acids is 1. The third kappa shape index (κ3) is 7.88. The van der Waals surface area contributed by atoms with Gasteiger partial charge in [0.1, 0.15) is 12.6 Å². The van der Waals surface area contributed by atoms with Gasteiger partial charge in [0.05, 0.1) is 11.5 Å². The van der Waals surface area contributed by atoms with Crippen LogP contribution in [-0.2, 0) is 30.5 Å². The standard InChI is InChI=1S/C29H37ClN2O4S2/c1-18(2)15-38(34,35)16-20-7-8-23(24(30)11-20)25-12-22(14-37-25)21-9-10-32-26(13-21)29(5,6)17-36-28(33)27(31)19(3)4/h7-14,18-19,27H,15-17,31H2,1-6H3. The Morgan fingerprint density at radius 1 is 1.11 bits per heavy atom. The van der Waals surface area contributed by atoms with E-state index in [1.165, 1.54) is 0 Å². The number of sulfone groups is 1. The lowest BCUT2D eigenvalue weighted by atomic mass is 9.88. The first-order valence-electron chi connectivity index (χ1n) is 12.7. The van der Waals surface area contributed by atoms with Crippen LogP contribution in [0.4, 0.5) is 0 Å². The van der Waals surface area contributed by atoms with Gasteiger partial charge in [-0.3, -0.25) is 9.78 Å². The number of aromatic nitrogens is 1. The summed E-state index contributed by atoms with van der Waals surface area (Å²) in [5.41, 5.74) is 9.77. The van der Waals surface area contributed by atoms with E-state index in [4.69, 9.17) is 22.1 Å². The van der Waals surface area contributed by atoms with Crippen molar-refractivity contribution in [1.82, 2.24) is 4.98 Å². The number of pyridine rings is 1. The summed E-state index contributed by atoms with van der Waals surface area (Å²) >= 11 is 8.16. The van der Waals surface area contributed by atoms with Crippen LogP contribution in [0.5, 0.6) is 0 Å². The number of hydrogen-bond donors (Lipinski definition) is 1. The number of esters is 1. The van der Waals surface area contributed by atoms with Gasteiger partial charge in [0.25, 0.3) is 0 Å². The molecule has 2 N–H and O–H groups in total. The average molecular weight is 577 g/mol. The largest absolute Gasteiger partial charge is 0.464 e. The number of benzene rings is 1. The zero-order valence-corrected chi connectivity index (χ0v) is 25.2. The molecule has 1 unspecified atom stereocenters. The predicted octanol–water partition coefficient (Wildman–Crippen LogP) is 6.51. The molecule has 0 saturated heterocycles. The highest BCUT2D eigenvalue weighted by Gasteiger charge is 2.27. The molecule has 6 nitrogen and oxygen atoms in total. The second-order valence-corrected chi connectivity index (χ2v) is 14.6. The van der Waals surface area contributed by atoms with Crippen LogP contribution in [0.2, 0.25) is 5.02 Å². The van der Waals surface area contributed by atoms with E-state index in [2.05, 4.69) is 16.4 Å². The van der Waals surface area contributed by atoms with Gasteiger partial charge in [0, 0.05) is 32.8 Å². The summed E-state index contributed by atoms with van der Waals surface area (Å²) in [5, 5.41) is 2.58. The molecule has 0 fully saturated rings. The van der Waals surface area contributed by atoms with Crippen LogP contribution in [0.1, 0.15) is 52.8 Å². The van der Waals surface area contributed by atoms with E-state index in [1.54, 1.807) is 23.6 Å². The van der Waals surface area contributed by atoms with Crippen LogP contribution in [0, 0.1) is 11.8 Å². The fourth-order valence-electron chi connectivity index (χ4n) is 3.97. The summed E-state index contributed by atoms with van der Waals surface area (Å²) in [4.78, 5) is 17.8. The summed E-state index contributed by atoms with van der Waals surface area (Å²) in [6, 6.07) is 10.8. The van der Waals surface area contributed by atoms with Gasteiger partial charge in [0.2, 0.25) is 0 Å². The molecule has 0 radical (unpaired) electrons. The van der Waals surface area contributed by atoms with Crippen molar-refractivity contribution in [1.29, 1.82) is 0 Å². The van der Waals surface area contributed by atoms with Crippen molar-refractivity contribution in [2.24, 2.45) is 17.6 Å². The monoisotopic (exact) mass is 576 g/mol. The summed E-state index contributed by atoms with van der Waals surface area (Å²) in [6.45, 7) is 11.7. The third-order valence-electron chi connectivity index (χ3n) is 6.22. The second-order valence-electron chi connectivity index (χ2n) is 11.2. The Labute approximate surface area is 235 Å². The highest BCUT2D eigenvalue weighted by Crippen LogP contribution is 2.37. The first kappa shape index (κ1) is 30.3. The maximum absolute atomic E-state index is 12.4. The van der Waals surface area contributed by atoms with Crippen LogP contribution in [-0.4, -0.2) is 37.8 Å². The molecule has 206 valence electrons. The van der Waals surface area contributed by atoms with Gasteiger partial charge < -0.3 is 10.5 Å². The summed E-state index contributed by atoms with van der Waals surface area (Å²) in [5.74, 6) is -0.194. The Morgan fingerprint density at radius 3 is 2.45 bits per heavy atom. The Hall–Kier alpha value is -2.26. The molecule has 0 spiro atoms. The van der Waals surface area contributed by atoms with Crippen molar-refractivity contribution >= 4 is 38.7 Å². The summed E-state index contributed by atoms with van der Waals surface area (Å²) in [6.07, 6.45) is 1.75. The van der Waals surface area contributed by atoms with Gasteiger partial charge in [-0.25, -0.2) is 8.42 Å². The molecular formula is C29H37ClN2O4S2. The van der Waals surface area contributed by atoms with Crippen molar-refractivity contribution in [3.8, 4) is 21.6 Å². The van der Waals surface area contributed by atoms with E-state index in [0.717, 1.165) is 27.3 Å². The van der Waals surface area contributed by atoms with Crippen molar-refractivity contribution in [3.05, 3.63) is 64.3 Å². The van der Waals surface area contributed by atoms with Gasteiger partial charge in [-0.1, -0.05) is 65.3 Å². The zero-order chi connectivity index (χ0) is 28.3. The molecule has 1 atom stereocenters. The first-order chi connectivity index (χ1) is 17.7. The van der Waals surface area contributed by atoms with E-state index in [0.29, 0.717) is 10.6 Å². The minimum absolute atomic E-state index is 0.00229. The number of nitrogens with zero attached hydrogens (tertiary/aromatic N) is 1. The molecule has 2 heterocycles. The Bertz CT molecular complexity index is 1380. The highest BCUT2D eigenvalue weighted by atomic mass is 35.5. The average Bonchev–Trinajstić information content (AvgIpc) is 3.31. The fourth-order valence-corrected chi connectivity index (χ4v) is 7.11. The molecule has 0 aliphatic carbocycles. The summed E-state index contributed by atoms with van der Waals surface area (Å²) < 4.78 is 30.3. The molecule has 9 heteroatoms. The molecule has 3 rings (SSSR count). The van der Waals surface area contributed by atoms with Crippen molar-refractivity contribution < 1.29 is 17.9 Å². The number of ether oxygens (including phenoxy) is 1. The number of nitrogens with two attached hydrogens (primary N) is 1.